The highest BCUT2D eigenvalue weighted by Gasteiger charge is 1.98. The van der Waals surface area contributed by atoms with Crippen LogP contribution < -0.4 is 0 Å². The molecular formula is C14H16N4O. The maximum atomic E-state index is 8.36. The van der Waals surface area contributed by atoms with Gasteiger partial charge < -0.3 is 15.1 Å². The first-order chi connectivity index (χ1) is 9.29. The summed E-state index contributed by atoms with van der Waals surface area (Å²) < 4.78 is 0. The van der Waals surface area contributed by atoms with Crippen LogP contribution in [0, 0.1) is 6.92 Å². The summed E-state index contributed by atoms with van der Waals surface area (Å²) in [5, 5.41) is 8.36. The molecule has 5 heteroatoms. The van der Waals surface area contributed by atoms with Crippen LogP contribution >= 0.6 is 0 Å². The highest BCUT2D eigenvalue weighted by atomic mass is 16.3. The Morgan fingerprint density at radius 1 is 1.16 bits per heavy atom. The predicted octanol–water partition coefficient (Wildman–Crippen LogP) is 2.29. The lowest BCUT2D eigenvalue weighted by atomic mass is 10.2. The van der Waals surface area contributed by atoms with Crippen LogP contribution in [0.15, 0.2) is 49.1 Å². The van der Waals surface area contributed by atoms with E-state index in [-0.39, 0.29) is 6.61 Å². The maximum absolute atomic E-state index is 8.36. The van der Waals surface area contributed by atoms with Crippen molar-refractivity contribution in [2.24, 2.45) is 0 Å². The molecule has 2 aromatic heterocycles. The number of aliphatic hydroxyl groups is 1. The van der Waals surface area contributed by atoms with Crippen molar-refractivity contribution in [2.45, 2.75) is 13.5 Å². The number of nitrogens with one attached hydrogen (secondary N) is 2. The third-order valence-corrected chi connectivity index (χ3v) is 2.48. The summed E-state index contributed by atoms with van der Waals surface area (Å²) >= 11 is 0. The van der Waals surface area contributed by atoms with Gasteiger partial charge in [0.1, 0.15) is 5.82 Å². The van der Waals surface area contributed by atoms with Crippen LogP contribution in [0.25, 0.3) is 11.4 Å². The minimum atomic E-state index is 0.0417. The molecule has 0 radical (unpaired) electrons. The van der Waals surface area contributed by atoms with Crippen LogP contribution in [0.1, 0.15) is 11.4 Å². The van der Waals surface area contributed by atoms with Gasteiger partial charge in [-0.25, -0.2) is 9.97 Å². The smallest absolute Gasteiger partial charge is 0.137 e. The van der Waals surface area contributed by atoms with Gasteiger partial charge in [0.05, 0.1) is 24.8 Å². The van der Waals surface area contributed by atoms with Crippen molar-refractivity contribution in [2.75, 3.05) is 0 Å². The predicted molar refractivity (Wildman–Crippen MR) is 73.3 cm³/mol. The Morgan fingerprint density at radius 3 is 2.42 bits per heavy atom. The van der Waals surface area contributed by atoms with Crippen molar-refractivity contribution in [1.82, 2.24) is 19.9 Å². The molecule has 19 heavy (non-hydrogen) atoms. The standard InChI is InChI=1S/C10H10N2.C4H6N2O/c1-8-7-11-10(12-8)9-5-3-2-4-6-9;7-2-4-1-5-3-6-4/h2-7H,1H3,(H,11,12);1,3,7H,2H2,(H,5,6). The van der Waals surface area contributed by atoms with E-state index in [0.717, 1.165) is 22.8 Å². The van der Waals surface area contributed by atoms with Crippen molar-refractivity contribution in [3.8, 4) is 11.4 Å². The first-order valence-electron chi connectivity index (χ1n) is 5.94. The van der Waals surface area contributed by atoms with Crippen molar-refractivity contribution in [3.63, 3.8) is 0 Å². The van der Waals surface area contributed by atoms with Gasteiger partial charge >= 0.3 is 0 Å². The van der Waals surface area contributed by atoms with Crippen LogP contribution in [0.5, 0.6) is 0 Å². The number of hydrogen-bond donors (Lipinski definition) is 3. The van der Waals surface area contributed by atoms with E-state index < -0.39 is 0 Å². The summed E-state index contributed by atoms with van der Waals surface area (Å²) in [6.07, 6.45) is 4.95. The molecule has 0 amide bonds. The highest BCUT2D eigenvalue weighted by molar-refractivity contribution is 5.54. The Balaban J connectivity index is 0.000000163. The Morgan fingerprint density at radius 2 is 1.95 bits per heavy atom. The largest absolute Gasteiger partial charge is 0.390 e. The second kappa shape index (κ2) is 6.51. The van der Waals surface area contributed by atoms with Crippen LogP contribution in [0.2, 0.25) is 0 Å². The van der Waals surface area contributed by atoms with Crippen molar-refractivity contribution in [3.05, 3.63) is 60.4 Å². The summed E-state index contributed by atoms with van der Waals surface area (Å²) in [6.45, 7) is 2.04. The summed E-state index contributed by atoms with van der Waals surface area (Å²) in [4.78, 5) is 13.8. The van der Waals surface area contributed by atoms with E-state index in [2.05, 4.69) is 19.9 Å². The number of aromatic amines is 2. The fourth-order valence-corrected chi connectivity index (χ4v) is 1.53. The molecular weight excluding hydrogens is 240 g/mol. The molecule has 0 unspecified atom stereocenters. The minimum Gasteiger partial charge on any atom is -0.390 e. The van der Waals surface area contributed by atoms with Gasteiger partial charge in [-0.3, -0.25) is 0 Å². The van der Waals surface area contributed by atoms with Crippen LogP contribution in [0.3, 0.4) is 0 Å². The molecule has 3 N–H and O–H groups in total. The molecule has 0 aliphatic carbocycles. The first-order valence-corrected chi connectivity index (χ1v) is 5.94. The van der Waals surface area contributed by atoms with Crippen molar-refractivity contribution in [1.29, 1.82) is 0 Å². The third-order valence-electron chi connectivity index (χ3n) is 2.48. The normalized spacial score (nSPS) is 9.79. The van der Waals surface area contributed by atoms with Crippen LogP contribution in [0.4, 0.5) is 0 Å². The van der Waals surface area contributed by atoms with Gasteiger partial charge in [0.25, 0.3) is 0 Å². The van der Waals surface area contributed by atoms with E-state index >= 15 is 0 Å². The van der Waals surface area contributed by atoms with Crippen LogP contribution in [-0.4, -0.2) is 25.0 Å². The summed E-state index contributed by atoms with van der Waals surface area (Å²) in [6, 6.07) is 10.1. The molecule has 3 rings (SSSR count). The quantitative estimate of drug-likeness (QED) is 0.658. The number of nitrogens with zero attached hydrogens (tertiary/aromatic N) is 2. The van der Waals surface area contributed by atoms with Crippen molar-refractivity contribution < 1.29 is 5.11 Å². The van der Waals surface area contributed by atoms with Gasteiger partial charge in [0.2, 0.25) is 0 Å². The highest BCUT2D eigenvalue weighted by Crippen LogP contribution is 2.13. The van der Waals surface area contributed by atoms with E-state index in [1.807, 2.05) is 43.5 Å². The average Bonchev–Trinajstić information content (AvgIpc) is 3.11. The molecule has 0 aliphatic heterocycles. The number of rotatable bonds is 2. The topological polar surface area (TPSA) is 77.6 Å². The van der Waals surface area contributed by atoms with Crippen molar-refractivity contribution >= 4 is 0 Å². The van der Waals surface area contributed by atoms with Gasteiger partial charge in [-0.05, 0) is 6.92 Å². The number of imidazole rings is 2. The number of H-pyrrole nitrogens is 2. The molecule has 0 bridgehead atoms. The molecule has 98 valence electrons. The lowest BCUT2D eigenvalue weighted by Crippen LogP contribution is -1.78. The molecule has 0 aliphatic rings. The maximum Gasteiger partial charge on any atom is 0.137 e. The summed E-state index contributed by atoms with van der Waals surface area (Å²) in [5.41, 5.74) is 2.97. The summed E-state index contributed by atoms with van der Waals surface area (Å²) in [5.74, 6) is 0.938. The van der Waals surface area contributed by atoms with E-state index in [0.29, 0.717) is 0 Å². The number of hydrogen-bond acceptors (Lipinski definition) is 3. The molecule has 0 spiro atoms. The minimum absolute atomic E-state index is 0.0417. The second-order valence-corrected chi connectivity index (χ2v) is 4.02. The lowest BCUT2D eigenvalue weighted by molar-refractivity contribution is 0.277. The zero-order chi connectivity index (χ0) is 13.5. The Hall–Kier alpha value is -2.40. The monoisotopic (exact) mass is 256 g/mol. The second-order valence-electron chi connectivity index (χ2n) is 4.02. The SMILES string of the molecule is Cc1cnc(-c2ccccc2)[nH]1.OCc1cnc[nH]1. The Labute approximate surface area is 111 Å². The molecule has 2 heterocycles. The zero-order valence-corrected chi connectivity index (χ0v) is 10.7. The van der Waals surface area contributed by atoms with Crippen LogP contribution in [-0.2, 0) is 6.61 Å². The molecule has 0 fully saturated rings. The van der Waals surface area contributed by atoms with E-state index in [4.69, 9.17) is 5.11 Å². The number of aryl methyl sites for hydroxylation is 1. The van der Waals surface area contributed by atoms with Gasteiger partial charge in [-0.2, -0.15) is 0 Å². The van der Waals surface area contributed by atoms with Gasteiger partial charge in [-0.1, -0.05) is 30.3 Å². The molecule has 1 aromatic carbocycles. The third kappa shape index (κ3) is 3.79. The fourth-order valence-electron chi connectivity index (χ4n) is 1.53. The molecule has 0 saturated heterocycles. The first kappa shape index (κ1) is 13.0. The molecule has 0 atom stereocenters. The zero-order valence-electron chi connectivity index (χ0n) is 10.7. The lowest BCUT2D eigenvalue weighted by Gasteiger charge is -1.93. The average molecular weight is 256 g/mol. The fraction of sp³-hybridized carbons (Fsp3) is 0.143. The number of aliphatic hydroxyl groups excluding tert-OH is 1. The van der Waals surface area contributed by atoms with E-state index in [1.165, 1.54) is 6.33 Å². The molecule has 3 aromatic rings. The van der Waals surface area contributed by atoms with Gasteiger partial charge in [0, 0.05) is 17.5 Å². The van der Waals surface area contributed by atoms with Gasteiger partial charge in [-0.15, -0.1) is 0 Å². The molecule has 0 saturated carbocycles. The Kier molecular flexibility index (Phi) is 4.47. The number of benzene rings is 1. The van der Waals surface area contributed by atoms with Gasteiger partial charge in [0.15, 0.2) is 0 Å². The van der Waals surface area contributed by atoms with E-state index in [1.54, 1.807) is 6.20 Å². The Bertz CT molecular complexity index is 587. The van der Waals surface area contributed by atoms with E-state index in [9.17, 15) is 0 Å². The summed E-state index contributed by atoms with van der Waals surface area (Å²) in [7, 11) is 0. The number of aromatic nitrogens is 4. The molecule has 5 nitrogen and oxygen atoms in total.